The third-order valence-electron chi connectivity index (χ3n) is 4.78. The molecule has 6 heteroatoms. The molecule has 0 saturated carbocycles. The summed E-state index contributed by atoms with van der Waals surface area (Å²) in [5.41, 5.74) is 2.92. The maximum absolute atomic E-state index is 11.9. The molecule has 146 valence electrons. The summed E-state index contributed by atoms with van der Waals surface area (Å²) in [6, 6.07) is 9.54. The zero-order chi connectivity index (χ0) is 20.0. The summed E-state index contributed by atoms with van der Waals surface area (Å²) < 4.78 is 16.3. The Morgan fingerprint density at radius 1 is 1.11 bits per heavy atom. The van der Waals surface area contributed by atoms with E-state index in [1.165, 1.54) is 27.4 Å². The van der Waals surface area contributed by atoms with Crippen molar-refractivity contribution in [3.8, 4) is 17.2 Å². The Kier molecular flexibility index (Phi) is 6.93. The number of anilines is 1. The summed E-state index contributed by atoms with van der Waals surface area (Å²) in [7, 11) is 6.37. The second-order valence-corrected chi connectivity index (χ2v) is 6.12. The largest absolute Gasteiger partial charge is 0.493 e. The topological polar surface area (TPSA) is 77.0 Å². The van der Waals surface area contributed by atoms with Crippen molar-refractivity contribution in [3.63, 3.8) is 0 Å². The minimum atomic E-state index is -1.03. The van der Waals surface area contributed by atoms with Crippen molar-refractivity contribution in [1.82, 2.24) is 0 Å². The fourth-order valence-electron chi connectivity index (χ4n) is 3.41. The molecule has 0 aliphatic heterocycles. The van der Waals surface area contributed by atoms with Crippen LogP contribution in [0.1, 0.15) is 40.7 Å². The number of carboxylic acids is 1. The lowest BCUT2D eigenvalue weighted by Gasteiger charge is -2.23. The zero-order valence-electron chi connectivity index (χ0n) is 16.5. The van der Waals surface area contributed by atoms with Gasteiger partial charge in [-0.25, -0.2) is 4.79 Å². The summed E-state index contributed by atoms with van der Waals surface area (Å²) in [6.45, 7) is 2.09. The van der Waals surface area contributed by atoms with Crippen LogP contribution in [-0.4, -0.2) is 39.5 Å². The van der Waals surface area contributed by atoms with Gasteiger partial charge in [0.1, 0.15) is 0 Å². The first-order valence-corrected chi connectivity index (χ1v) is 8.84. The van der Waals surface area contributed by atoms with Crippen LogP contribution in [0.25, 0.3) is 0 Å². The first kappa shape index (κ1) is 20.4. The number of rotatable bonds is 9. The van der Waals surface area contributed by atoms with Gasteiger partial charge in [0, 0.05) is 18.3 Å². The molecule has 27 heavy (non-hydrogen) atoms. The van der Waals surface area contributed by atoms with Crippen LogP contribution < -0.4 is 19.5 Å². The lowest BCUT2D eigenvalue weighted by Crippen LogP contribution is -2.12. The van der Waals surface area contributed by atoms with Gasteiger partial charge in [0.2, 0.25) is 5.75 Å². The third kappa shape index (κ3) is 4.10. The van der Waals surface area contributed by atoms with E-state index in [-0.39, 0.29) is 11.5 Å². The maximum Gasteiger partial charge on any atom is 0.336 e. The Morgan fingerprint density at radius 2 is 1.78 bits per heavy atom. The van der Waals surface area contributed by atoms with Crippen molar-refractivity contribution in [2.24, 2.45) is 0 Å². The summed E-state index contributed by atoms with van der Waals surface area (Å²) in [6.07, 6.45) is 1.34. The van der Waals surface area contributed by atoms with E-state index in [0.717, 1.165) is 17.7 Å². The average Bonchev–Trinajstić information content (AvgIpc) is 2.70. The highest BCUT2D eigenvalue weighted by Crippen LogP contribution is 2.44. The van der Waals surface area contributed by atoms with Gasteiger partial charge in [-0.3, -0.25) is 0 Å². The van der Waals surface area contributed by atoms with E-state index in [2.05, 4.69) is 18.3 Å². The van der Waals surface area contributed by atoms with Crippen molar-refractivity contribution >= 4 is 11.7 Å². The van der Waals surface area contributed by atoms with E-state index in [1.807, 2.05) is 25.2 Å². The van der Waals surface area contributed by atoms with Crippen LogP contribution in [0.2, 0.25) is 0 Å². The van der Waals surface area contributed by atoms with E-state index in [4.69, 9.17) is 14.2 Å². The molecule has 0 fully saturated rings. The van der Waals surface area contributed by atoms with Crippen LogP contribution >= 0.6 is 0 Å². The van der Waals surface area contributed by atoms with Gasteiger partial charge in [-0.1, -0.05) is 25.1 Å². The number of hydrogen-bond donors (Lipinski definition) is 2. The number of methoxy groups -OCH3 is 3. The zero-order valence-corrected chi connectivity index (χ0v) is 16.5. The minimum Gasteiger partial charge on any atom is -0.493 e. The smallest absolute Gasteiger partial charge is 0.336 e. The summed E-state index contributed by atoms with van der Waals surface area (Å²) in [5.74, 6) is 0.213. The number of hydrogen-bond acceptors (Lipinski definition) is 5. The van der Waals surface area contributed by atoms with Gasteiger partial charge >= 0.3 is 5.97 Å². The molecule has 0 heterocycles. The summed E-state index contributed by atoms with van der Waals surface area (Å²) >= 11 is 0. The lowest BCUT2D eigenvalue weighted by atomic mass is 9.86. The van der Waals surface area contributed by atoms with E-state index < -0.39 is 5.97 Å². The van der Waals surface area contributed by atoms with Crippen molar-refractivity contribution in [2.75, 3.05) is 33.7 Å². The number of nitrogens with one attached hydrogen (secondary N) is 1. The normalized spacial score (nSPS) is 11.6. The third-order valence-corrected chi connectivity index (χ3v) is 4.78. The predicted octanol–water partition coefficient (Wildman–Crippen LogP) is 4.19. The van der Waals surface area contributed by atoms with E-state index in [1.54, 1.807) is 0 Å². The Balaban J connectivity index is 2.63. The molecule has 0 aliphatic rings. The highest BCUT2D eigenvalue weighted by Gasteiger charge is 2.26. The van der Waals surface area contributed by atoms with Crippen LogP contribution in [0.3, 0.4) is 0 Å². The number of ether oxygens (including phenoxy) is 3. The molecular formula is C21H27NO5. The number of para-hydroxylation sites is 1. The van der Waals surface area contributed by atoms with E-state index >= 15 is 0 Å². The standard InChI is InChI=1S/C21H27NO5/c1-6-13(14-9-7-8-10-17(14)22-2)11-15-16(21(23)24)12-18(25-3)20(27-5)19(15)26-4/h7-10,12-13,22H,6,11H2,1-5H3,(H,23,24). The molecule has 1 atom stereocenters. The van der Waals surface area contributed by atoms with Crippen molar-refractivity contribution in [1.29, 1.82) is 0 Å². The quantitative estimate of drug-likeness (QED) is 0.686. The van der Waals surface area contributed by atoms with Gasteiger partial charge < -0.3 is 24.6 Å². The van der Waals surface area contributed by atoms with Crippen molar-refractivity contribution in [2.45, 2.75) is 25.7 Å². The number of benzene rings is 2. The SMILES string of the molecule is CCC(Cc1c(C(=O)O)cc(OC)c(OC)c1OC)c1ccccc1NC. The van der Waals surface area contributed by atoms with Gasteiger partial charge in [0.25, 0.3) is 0 Å². The lowest BCUT2D eigenvalue weighted by molar-refractivity contribution is 0.0694. The Bertz CT molecular complexity index is 803. The molecule has 2 N–H and O–H groups in total. The highest BCUT2D eigenvalue weighted by atomic mass is 16.5. The molecule has 2 rings (SSSR count). The minimum absolute atomic E-state index is 0.110. The van der Waals surface area contributed by atoms with Crippen molar-refractivity contribution < 1.29 is 24.1 Å². The van der Waals surface area contributed by atoms with Gasteiger partial charge in [-0.15, -0.1) is 0 Å². The number of aromatic carboxylic acids is 1. The molecule has 2 aromatic rings. The molecule has 1 unspecified atom stereocenters. The van der Waals surface area contributed by atoms with Gasteiger partial charge in [-0.05, 0) is 36.5 Å². The fraction of sp³-hybridized carbons (Fsp3) is 0.381. The molecule has 0 aromatic heterocycles. The van der Waals surface area contributed by atoms with Crippen molar-refractivity contribution in [3.05, 3.63) is 47.0 Å². The molecule has 0 aliphatic carbocycles. The predicted molar refractivity (Wildman–Crippen MR) is 106 cm³/mol. The first-order chi connectivity index (χ1) is 13.0. The molecule has 0 saturated heterocycles. The summed E-state index contributed by atoms with van der Waals surface area (Å²) in [4.78, 5) is 11.9. The van der Waals surface area contributed by atoms with E-state index in [0.29, 0.717) is 29.2 Å². The average molecular weight is 373 g/mol. The monoisotopic (exact) mass is 373 g/mol. The molecule has 0 bridgehead atoms. The molecule has 2 aromatic carbocycles. The van der Waals surface area contributed by atoms with Gasteiger partial charge in [-0.2, -0.15) is 0 Å². The first-order valence-electron chi connectivity index (χ1n) is 8.84. The fourth-order valence-corrected chi connectivity index (χ4v) is 3.41. The van der Waals surface area contributed by atoms with Gasteiger partial charge in [0.15, 0.2) is 11.5 Å². The Morgan fingerprint density at radius 3 is 2.30 bits per heavy atom. The van der Waals surface area contributed by atoms with Crippen LogP contribution in [0.15, 0.2) is 30.3 Å². The highest BCUT2D eigenvalue weighted by molar-refractivity contribution is 5.92. The molecule has 0 radical (unpaired) electrons. The molecule has 6 nitrogen and oxygen atoms in total. The maximum atomic E-state index is 11.9. The Labute approximate surface area is 160 Å². The molecular weight excluding hydrogens is 346 g/mol. The number of carbonyl (C=O) groups is 1. The molecule has 0 spiro atoms. The van der Waals surface area contributed by atoms with Crippen LogP contribution in [-0.2, 0) is 6.42 Å². The Hall–Kier alpha value is -2.89. The molecule has 0 amide bonds. The second-order valence-electron chi connectivity index (χ2n) is 6.12. The van der Waals surface area contributed by atoms with E-state index in [9.17, 15) is 9.90 Å². The van der Waals surface area contributed by atoms with Gasteiger partial charge in [0.05, 0.1) is 26.9 Å². The number of carboxylic acid groups (broad SMARTS) is 1. The van der Waals surface area contributed by atoms with Crippen LogP contribution in [0.4, 0.5) is 5.69 Å². The second kappa shape index (κ2) is 9.16. The van der Waals surface area contributed by atoms with Crippen LogP contribution in [0, 0.1) is 0 Å². The summed E-state index contributed by atoms with van der Waals surface area (Å²) in [5, 5.41) is 13.0. The van der Waals surface area contributed by atoms with Crippen LogP contribution in [0.5, 0.6) is 17.2 Å².